The van der Waals surface area contributed by atoms with Gasteiger partial charge in [0.15, 0.2) is 0 Å². The van der Waals surface area contributed by atoms with Crippen LogP contribution in [0.25, 0.3) is 0 Å². The molecule has 0 amide bonds. The fourth-order valence-corrected chi connectivity index (χ4v) is 1.80. The van der Waals surface area contributed by atoms with Gasteiger partial charge in [0.25, 0.3) is 0 Å². The maximum Gasteiger partial charge on any atom is 0.224 e. The van der Waals surface area contributed by atoms with Gasteiger partial charge in [-0.15, -0.1) is 0 Å². The minimum absolute atomic E-state index is 0.478. The summed E-state index contributed by atoms with van der Waals surface area (Å²) >= 11 is 6.11. The van der Waals surface area contributed by atoms with Crippen LogP contribution in [0.2, 0.25) is 5.02 Å². The highest BCUT2D eigenvalue weighted by Crippen LogP contribution is 2.25. The predicted octanol–water partition coefficient (Wildman–Crippen LogP) is 3.57. The molecule has 2 rings (SSSR count). The number of nitrogens with one attached hydrogen (secondary N) is 2. The van der Waals surface area contributed by atoms with Crippen LogP contribution in [-0.4, -0.2) is 16.5 Å². The Balaban J connectivity index is 2.15. The highest BCUT2D eigenvalue weighted by atomic mass is 35.5. The fraction of sp³-hybridized carbons (Fsp3) is 0.214. The minimum Gasteiger partial charge on any atom is -0.354 e. The first-order valence-electron chi connectivity index (χ1n) is 6.26. The van der Waals surface area contributed by atoms with Crippen molar-refractivity contribution in [3.63, 3.8) is 0 Å². The molecule has 6 heteroatoms. The van der Waals surface area contributed by atoms with E-state index >= 15 is 0 Å². The Morgan fingerprint density at radius 3 is 2.90 bits per heavy atom. The van der Waals surface area contributed by atoms with E-state index in [9.17, 15) is 0 Å². The molecule has 0 radical (unpaired) electrons. The van der Waals surface area contributed by atoms with Gasteiger partial charge in [-0.2, -0.15) is 10.2 Å². The third-order valence-electron chi connectivity index (χ3n) is 2.55. The van der Waals surface area contributed by atoms with E-state index in [-0.39, 0.29) is 0 Å². The molecule has 0 saturated carbocycles. The van der Waals surface area contributed by atoms with Crippen LogP contribution in [0.5, 0.6) is 0 Å². The topological polar surface area (TPSA) is 73.6 Å². The molecule has 0 aliphatic rings. The van der Waals surface area contributed by atoms with Gasteiger partial charge in [0.05, 0.1) is 22.3 Å². The summed E-state index contributed by atoms with van der Waals surface area (Å²) in [6.07, 6.45) is 2.67. The third kappa shape index (κ3) is 3.59. The second-order valence-electron chi connectivity index (χ2n) is 4.12. The van der Waals surface area contributed by atoms with E-state index in [1.54, 1.807) is 30.5 Å². The molecule has 0 atom stereocenters. The van der Waals surface area contributed by atoms with Crippen molar-refractivity contribution >= 4 is 29.1 Å². The number of anilines is 3. The largest absolute Gasteiger partial charge is 0.354 e. The average Bonchev–Trinajstić information content (AvgIpc) is 2.47. The molecule has 0 unspecified atom stereocenters. The highest BCUT2D eigenvalue weighted by molar-refractivity contribution is 6.33. The molecule has 1 heterocycles. The summed E-state index contributed by atoms with van der Waals surface area (Å²) in [5, 5.41) is 15.5. The van der Waals surface area contributed by atoms with Gasteiger partial charge in [0.1, 0.15) is 5.82 Å². The van der Waals surface area contributed by atoms with Crippen LogP contribution in [0.4, 0.5) is 17.5 Å². The second kappa shape index (κ2) is 6.73. The van der Waals surface area contributed by atoms with Crippen LogP contribution in [0.1, 0.15) is 18.9 Å². The van der Waals surface area contributed by atoms with Crippen LogP contribution in [0.3, 0.4) is 0 Å². The van der Waals surface area contributed by atoms with Gasteiger partial charge < -0.3 is 10.6 Å². The minimum atomic E-state index is 0.478. The van der Waals surface area contributed by atoms with Crippen LogP contribution in [0.15, 0.2) is 30.5 Å². The Bertz CT molecular complexity index is 636. The number of rotatable bonds is 5. The van der Waals surface area contributed by atoms with Gasteiger partial charge >= 0.3 is 0 Å². The summed E-state index contributed by atoms with van der Waals surface area (Å²) < 4.78 is 0. The Morgan fingerprint density at radius 2 is 2.20 bits per heavy atom. The molecular weight excluding hydrogens is 274 g/mol. The quantitative estimate of drug-likeness (QED) is 0.879. The van der Waals surface area contributed by atoms with Crippen LogP contribution in [-0.2, 0) is 0 Å². The van der Waals surface area contributed by atoms with Gasteiger partial charge in [0.2, 0.25) is 5.95 Å². The van der Waals surface area contributed by atoms with Crippen molar-refractivity contribution in [2.45, 2.75) is 13.3 Å². The molecule has 0 spiro atoms. The number of hydrogen-bond acceptors (Lipinski definition) is 5. The fourth-order valence-electron chi connectivity index (χ4n) is 1.57. The molecule has 0 fully saturated rings. The maximum absolute atomic E-state index is 8.80. The highest BCUT2D eigenvalue weighted by Gasteiger charge is 2.04. The maximum atomic E-state index is 8.80. The zero-order valence-electron chi connectivity index (χ0n) is 11.0. The normalized spacial score (nSPS) is 9.85. The van der Waals surface area contributed by atoms with Crippen molar-refractivity contribution in [3.8, 4) is 6.07 Å². The van der Waals surface area contributed by atoms with Crippen molar-refractivity contribution < 1.29 is 0 Å². The molecule has 5 nitrogen and oxygen atoms in total. The lowest BCUT2D eigenvalue weighted by molar-refractivity contribution is 0.953. The predicted molar refractivity (Wildman–Crippen MR) is 80.3 cm³/mol. The van der Waals surface area contributed by atoms with Crippen molar-refractivity contribution in [2.75, 3.05) is 17.2 Å². The first kappa shape index (κ1) is 14.1. The van der Waals surface area contributed by atoms with Crippen LogP contribution >= 0.6 is 11.6 Å². The van der Waals surface area contributed by atoms with Crippen LogP contribution < -0.4 is 10.6 Å². The summed E-state index contributed by atoms with van der Waals surface area (Å²) in [6, 6.07) is 8.86. The zero-order valence-corrected chi connectivity index (χ0v) is 11.8. The van der Waals surface area contributed by atoms with E-state index in [2.05, 4.69) is 27.5 Å². The summed E-state index contributed by atoms with van der Waals surface area (Å²) in [5.74, 6) is 1.21. The summed E-state index contributed by atoms with van der Waals surface area (Å²) in [5.41, 5.74) is 1.22. The number of benzene rings is 1. The van der Waals surface area contributed by atoms with Crippen LogP contribution in [0, 0.1) is 11.3 Å². The molecule has 0 saturated heterocycles. The lowest BCUT2D eigenvalue weighted by Crippen LogP contribution is -2.05. The van der Waals surface area contributed by atoms with Gasteiger partial charge in [0, 0.05) is 12.7 Å². The Morgan fingerprint density at radius 1 is 1.35 bits per heavy atom. The molecule has 2 aromatic rings. The molecule has 0 bridgehead atoms. The molecule has 20 heavy (non-hydrogen) atoms. The Labute approximate surface area is 122 Å². The molecule has 0 aliphatic heterocycles. The first-order chi connectivity index (χ1) is 9.72. The van der Waals surface area contributed by atoms with Gasteiger partial charge in [-0.25, -0.2) is 4.98 Å². The van der Waals surface area contributed by atoms with Crippen molar-refractivity contribution in [3.05, 3.63) is 41.0 Å². The smallest absolute Gasteiger partial charge is 0.224 e. The second-order valence-corrected chi connectivity index (χ2v) is 4.53. The molecule has 1 aromatic heterocycles. The lowest BCUT2D eigenvalue weighted by atomic mass is 10.2. The summed E-state index contributed by atoms with van der Waals surface area (Å²) in [4.78, 5) is 8.46. The standard InChI is InChI=1S/C14H14ClN5/c1-2-6-17-14-18-7-5-13(20-14)19-12-4-3-10(9-16)8-11(12)15/h3-5,7-8H,2,6H2,1H3,(H2,17,18,19,20). The summed E-state index contributed by atoms with van der Waals surface area (Å²) in [6.45, 7) is 2.90. The molecule has 2 N–H and O–H groups in total. The number of halogens is 1. The first-order valence-corrected chi connectivity index (χ1v) is 6.64. The molecule has 102 valence electrons. The molecule has 1 aromatic carbocycles. The van der Waals surface area contributed by atoms with Gasteiger partial charge in [-0.1, -0.05) is 18.5 Å². The summed E-state index contributed by atoms with van der Waals surface area (Å²) in [7, 11) is 0. The molecule has 0 aliphatic carbocycles. The van der Waals surface area contributed by atoms with E-state index in [0.717, 1.165) is 13.0 Å². The van der Waals surface area contributed by atoms with Crippen molar-refractivity contribution in [1.82, 2.24) is 9.97 Å². The average molecular weight is 288 g/mol. The number of hydrogen-bond donors (Lipinski definition) is 2. The number of aromatic nitrogens is 2. The van der Waals surface area contributed by atoms with Crippen molar-refractivity contribution in [1.29, 1.82) is 5.26 Å². The van der Waals surface area contributed by atoms with E-state index in [1.807, 2.05) is 6.07 Å². The SMILES string of the molecule is CCCNc1nccc(Nc2ccc(C#N)cc2Cl)n1. The van der Waals surface area contributed by atoms with E-state index in [1.165, 1.54) is 0 Å². The van der Waals surface area contributed by atoms with Gasteiger partial charge in [-0.3, -0.25) is 0 Å². The third-order valence-corrected chi connectivity index (χ3v) is 2.86. The monoisotopic (exact) mass is 287 g/mol. The number of nitriles is 1. The molecular formula is C14H14ClN5. The van der Waals surface area contributed by atoms with E-state index in [4.69, 9.17) is 16.9 Å². The number of nitrogens with zero attached hydrogens (tertiary/aromatic N) is 3. The Hall–Kier alpha value is -2.32. The lowest BCUT2D eigenvalue weighted by Gasteiger charge is -2.09. The zero-order chi connectivity index (χ0) is 14.4. The van der Waals surface area contributed by atoms with E-state index < -0.39 is 0 Å². The Kier molecular flexibility index (Phi) is 4.75. The van der Waals surface area contributed by atoms with E-state index in [0.29, 0.717) is 28.0 Å². The van der Waals surface area contributed by atoms with Crippen molar-refractivity contribution in [2.24, 2.45) is 0 Å². The van der Waals surface area contributed by atoms with Gasteiger partial charge in [-0.05, 0) is 30.7 Å².